The second-order valence-electron chi connectivity index (χ2n) is 8.18. The van der Waals surface area contributed by atoms with Gasteiger partial charge in [-0.3, -0.25) is 9.48 Å². The quantitative estimate of drug-likeness (QED) is 0.540. The van der Waals surface area contributed by atoms with E-state index in [1.54, 1.807) is 28.8 Å². The Hall–Kier alpha value is -3.07. The lowest BCUT2D eigenvalue weighted by atomic mass is 10.1. The minimum absolute atomic E-state index is 0.114. The zero-order valence-electron chi connectivity index (χ0n) is 18.4. The van der Waals surface area contributed by atoms with E-state index >= 15 is 0 Å². The summed E-state index contributed by atoms with van der Waals surface area (Å²) in [4.78, 5) is 14.5. The first-order chi connectivity index (χ1) is 15.2. The van der Waals surface area contributed by atoms with Crippen LogP contribution in [0.5, 0.6) is 5.75 Å². The molecule has 3 heterocycles. The van der Waals surface area contributed by atoms with Crippen LogP contribution in [0.3, 0.4) is 0 Å². The van der Waals surface area contributed by atoms with Crippen LogP contribution in [0, 0.1) is 13.8 Å². The highest BCUT2D eigenvalue weighted by molar-refractivity contribution is 7.91. The fourth-order valence-corrected chi connectivity index (χ4v) is 5.68. The van der Waals surface area contributed by atoms with Gasteiger partial charge in [0.2, 0.25) is 0 Å². The van der Waals surface area contributed by atoms with Crippen molar-refractivity contribution in [3.8, 4) is 5.75 Å². The average molecular weight is 458 g/mol. The molecule has 32 heavy (non-hydrogen) atoms. The highest BCUT2D eigenvalue weighted by Crippen LogP contribution is 2.27. The van der Waals surface area contributed by atoms with Gasteiger partial charge < -0.3 is 14.1 Å². The van der Waals surface area contributed by atoms with E-state index in [2.05, 4.69) is 5.10 Å². The van der Waals surface area contributed by atoms with Crippen molar-refractivity contribution in [1.29, 1.82) is 0 Å². The number of aromatic nitrogens is 2. The third kappa shape index (κ3) is 4.72. The summed E-state index contributed by atoms with van der Waals surface area (Å²) in [5, 5.41) is 4.57. The molecular formula is C23H27N3O5S. The van der Waals surface area contributed by atoms with E-state index in [4.69, 9.17) is 9.15 Å². The number of furan rings is 1. The van der Waals surface area contributed by atoms with Gasteiger partial charge >= 0.3 is 0 Å². The molecule has 1 aliphatic heterocycles. The number of aryl methyl sites for hydroxylation is 1. The molecule has 1 saturated heterocycles. The summed E-state index contributed by atoms with van der Waals surface area (Å²) in [6.07, 6.45) is 0.568. The van der Waals surface area contributed by atoms with E-state index in [9.17, 15) is 13.2 Å². The first kappa shape index (κ1) is 22.1. The Morgan fingerprint density at radius 3 is 2.66 bits per heavy atom. The maximum atomic E-state index is 12.9. The van der Waals surface area contributed by atoms with Crippen LogP contribution in [0.25, 0.3) is 0 Å². The minimum atomic E-state index is -3.00. The fraction of sp³-hybridized carbons (Fsp3) is 0.391. The van der Waals surface area contributed by atoms with Crippen molar-refractivity contribution in [3.63, 3.8) is 0 Å². The lowest BCUT2D eigenvalue weighted by Gasteiger charge is -2.17. The van der Waals surface area contributed by atoms with Gasteiger partial charge in [0.1, 0.15) is 18.1 Å². The molecule has 1 atom stereocenters. The van der Waals surface area contributed by atoms with E-state index in [1.807, 2.05) is 44.2 Å². The number of benzene rings is 1. The Balaban J connectivity index is 1.41. The molecule has 9 heteroatoms. The van der Waals surface area contributed by atoms with E-state index in [1.165, 1.54) is 0 Å². The van der Waals surface area contributed by atoms with Crippen LogP contribution in [0.4, 0.5) is 0 Å². The maximum absolute atomic E-state index is 12.9. The van der Waals surface area contributed by atoms with Crippen molar-refractivity contribution in [1.82, 2.24) is 14.7 Å². The molecule has 8 nitrogen and oxygen atoms in total. The molecule has 1 amide bonds. The summed E-state index contributed by atoms with van der Waals surface area (Å²) >= 11 is 0. The van der Waals surface area contributed by atoms with Crippen molar-refractivity contribution >= 4 is 15.7 Å². The number of hydrogen-bond acceptors (Lipinski definition) is 6. The summed E-state index contributed by atoms with van der Waals surface area (Å²) in [6.45, 7) is 4.39. The Morgan fingerprint density at radius 2 is 1.97 bits per heavy atom. The van der Waals surface area contributed by atoms with Gasteiger partial charge in [0.25, 0.3) is 5.91 Å². The summed E-state index contributed by atoms with van der Waals surface area (Å²) in [5.41, 5.74) is 2.60. The molecule has 1 aromatic carbocycles. The van der Waals surface area contributed by atoms with Crippen molar-refractivity contribution in [2.24, 2.45) is 0 Å². The maximum Gasteiger partial charge on any atom is 0.289 e. The summed E-state index contributed by atoms with van der Waals surface area (Å²) in [6, 6.07) is 12.6. The first-order valence-corrected chi connectivity index (χ1v) is 12.3. The molecule has 0 radical (unpaired) electrons. The van der Waals surface area contributed by atoms with Crippen LogP contribution < -0.4 is 4.74 Å². The number of sulfone groups is 1. The van der Waals surface area contributed by atoms with Crippen LogP contribution in [0.2, 0.25) is 0 Å². The number of rotatable bonds is 7. The monoisotopic (exact) mass is 457 g/mol. The number of carbonyl (C=O) groups excluding carboxylic acids is 1. The smallest absolute Gasteiger partial charge is 0.289 e. The normalized spacial score (nSPS) is 17.4. The molecule has 0 aliphatic carbocycles. The molecule has 0 N–H and O–H groups in total. The number of nitrogens with zero attached hydrogens (tertiary/aromatic N) is 3. The Morgan fingerprint density at radius 1 is 1.22 bits per heavy atom. The molecule has 170 valence electrons. The van der Waals surface area contributed by atoms with Crippen LogP contribution in [0.1, 0.15) is 45.7 Å². The number of hydrogen-bond donors (Lipinski definition) is 0. The van der Waals surface area contributed by atoms with Gasteiger partial charge in [0, 0.05) is 24.8 Å². The van der Waals surface area contributed by atoms with Gasteiger partial charge in [0.05, 0.1) is 23.2 Å². The molecule has 0 spiro atoms. The third-order valence-electron chi connectivity index (χ3n) is 5.77. The fourth-order valence-electron chi connectivity index (χ4n) is 3.99. The molecule has 1 fully saturated rings. The SMILES string of the molecule is Cc1nn([C@@H]2CCS(=O)(=O)C2)c(C)c1CN(C)C(=O)c1ccc(COc2ccccc2)o1. The summed E-state index contributed by atoms with van der Waals surface area (Å²) < 4.78 is 36.9. The predicted molar refractivity (Wildman–Crippen MR) is 119 cm³/mol. The second-order valence-corrected chi connectivity index (χ2v) is 10.4. The molecule has 2 aromatic heterocycles. The van der Waals surface area contributed by atoms with Gasteiger partial charge in [-0.25, -0.2) is 8.42 Å². The van der Waals surface area contributed by atoms with E-state index in [-0.39, 0.29) is 35.8 Å². The van der Waals surface area contributed by atoms with Crippen molar-refractivity contribution in [3.05, 3.63) is 70.9 Å². The van der Waals surface area contributed by atoms with Crippen molar-refractivity contribution in [2.45, 2.75) is 39.5 Å². The molecule has 0 saturated carbocycles. The van der Waals surface area contributed by atoms with Crippen LogP contribution in [-0.4, -0.2) is 47.6 Å². The Labute approximate surface area is 187 Å². The first-order valence-electron chi connectivity index (χ1n) is 10.5. The van der Waals surface area contributed by atoms with E-state index in [0.29, 0.717) is 18.7 Å². The number of amides is 1. The Kier molecular flexibility index (Phi) is 6.10. The predicted octanol–water partition coefficient (Wildman–Crippen LogP) is 3.30. The van der Waals surface area contributed by atoms with Crippen LogP contribution in [0.15, 0.2) is 46.9 Å². The summed E-state index contributed by atoms with van der Waals surface area (Å²) in [7, 11) is -1.30. The molecule has 1 aliphatic rings. The largest absolute Gasteiger partial charge is 0.486 e. The van der Waals surface area contributed by atoms with Gasteiger partial charge in [0.15, 0.2) is 15.6 Å². The van der Waals surface area contributed by atoms with E-state index in [0.717, 1.165) is 22.7 Å². The average Bonchev–Trinajstić information content (AvgIpc) is 3.46. The molecule has 4 rings (SSSR count). The van der Waals surface area contributed by atoms with Gasteiger partial charge in [-0.2, -0.15) is 5.10 Å². The molecule has 3 aromatic rings. The third-order valence-corrected chi connectivity index (χ3v) is 7.52. The molecular weight excluding hydrogens is 430 g/mol. The standard InChI is InChI=1S/C23H27N3O5S/c1-16-21(17(2)26(24-16)18-11-12-32(28,29)15-18)13-25(3)23(27)22-10-9-20(31-22)14-30-19-7-5-4-6-8-19/h4-10,18H,11-15H2,1-3H3/t18-/m1/s1. The highest BCUT2D eigenvalue weighted by atomic mass is 32.2. The van der Waals surface area contributed by atoms with Gasteiger partial charge in [-0.15, -0.1) is 0 Å². The Bertz CT molecular complexity index is 1210. The number of carbonyl (C=O) groups is 1. The van der Waals surface area contributed by atoms with E-state index < -0.39 is 9.84 Å². The highest BCUT2D eigenvalue weighted by Gasteiger charge is 2.31. The number of ether oxygens (including phenoxy) is 1. The number of para-hydroxylation sites is 1. The topological polar surface area (TPSA) is 94.6 Å². The second kappa shape index (κ2) is 8.82. The molecule has 0 unspecified atom stereocenters. The summed E-state index contributed by atoms with van der Waals surface area (Å²) in [5.74, 6) is 1.59. The van der Waals surface area contributed by atoms with Crippen LogP contribution in [-0.2, 0) is 23.0 Å². The van der Waals surface area contributed by atoms with Crippen molar-refractivity contribution in [2.75, 3.05) is 18.6 Å². The lowest BCUT2D eigenvalue weighted by molar-refractivity contribution is 0.0749. The van der Waals surface area contributed by atoms with Crippen LogP contribution >= 0.6 is 0 Å². The van der Waals surface area contributed by atoms with Gasteiger partial charge in [-0.05, 0) is 44.5 Å². The van der Waals surface area contributed by atoms with Crippen molar-refractivity contribution < 1.29 is 22.4 Å². The zero-order valence-corrected chi connectivity index (χ0v) is 19.3. The molecule has 0 bridgehead atoms. The minimum Gasteiger partial charge on any atom is -0.486 e. The van der Waals surface area contributed by atoms with Gasteiger partial charge in [-0.1, -0.05) is 18.2 Å². The lowest BCUT2D eigenvalue weighted by Crippen LogP contribution is -2.26. The zero-order chi connectivity index (χ0) is 22.9.